The molecular weight excluding hydrogens is 118 g/mol. The highest BCUT2D eigenvalue weighted by Crippen LogP contribution is 2.12. The zero-order valence-electron chi connectivity index (χ0n) is 4.79. The van der Waals surface area contributed by atoms with Gasteiger partial charge in [0.15, 0.2) is 0 Å². The molecule has 0 saturated carbocycles. The first-order chi connectivity index (χ1) is 3.80. The molecule has 0 spiro atoms. The van der Waals surface area contributed by atoms with Gasteiger partial charge in [0.05, 0.1) is 0 Å². The van der Waals surface area contributed by atoms with E-state index in [4.69, 9.17) is 5.73 Å². The van der Waals surface area contributed by atoms with E-state index in [2.05, 4.69) is 11.4 Å². The lowest BCUT2D eigenvalue weighted by Crippen LogP contribution is -2.02. The molecule has 0 aliphatic carbocycles. The van der Waals surface area contributed by atoms with E-state index in [1.165, 1.54) is 5.56 Å². The molecule has 0 radical (unpaired) electrons. The highest BCUT2D eigenvalue weighted by molar-refractivity contribution is 7.07. The van der Waals surface area contributed by atoms with Crippen LogP contribution in [-0.4, -0.2) is 0 Å². The second kappa shape index (κ2) is 2.29. The second-order valence-electron chi connectivity index (χ2n) is 1.85. The van der Waals surface area contributed by atoms with Crippen molar-refractivity contribution in [2.24, 2.45) is 5.73 Å². The maximum atomic E-state index is 5.56. The van der Waals surface area contributed by atoms with Crippen molar-refractivity contribution in [1.82, 2.24) is 0 Å². The largest absolute Gasteiger partial charge is 0.324 e. The van der Waals surface area contributed by atoms with Crippen LogP contribution in [0.4, 0.5) is 0 Å². The zero-order chi connectivity index (χ0) is 5.98. The Morgan fingerprint density at radius 1 is 1.75 bits per heavy atom. The van der Waals surface area contributed by atoms with Crippen molar-refractivity contribution in [3.63, 3.8) is 0 Å². The van der Waals surface area contributed by atoms with Crippen molar-refractivity contribution in [1.29, 1.82) is 0 Å². The van der Waals surface area contributed by atoms with Crippen molar-refractivity contribution in [2.45, 2.75) is 13.0 Å². The van der Waals surface area contributed by atoms with E-state index in [1.54, 1.807) is 11.3 Å². The molecule has 0 aromatic carbocycles. The summed E-state index contributed by atoms with van der Waals surface area (Å²) in [6, 6.07) is 2.25. The summed E-state index contributed by atoms with van der Waals surface area (Å²) < 4.78 is 0. The Morgan fingerprint density at radius 2 is 2.50 bits per heavy atom. The lowest BCUT2D eigenvalue weighted by Gasteiger charge is -1.97. The smallest absolute Gasteiger partial charge is 0.0274 e. The lowest BCUT2D eigenvalue weighted by molar-refractivity contribution is 0.823. The van der Waals surface area contributed by atoms with Crippen LogP contribution in [0.2, 0.25) is 0 Å². The van der Waals surface area contributed by atoms with Gasteiger partial charge in [-0.1, -0.05) is 0 Å². The number of hydrogen-bond acceptors (Lipinski definition) is 2. The van der Waals surface area contributed by atoms with Gasteiger partial charge in [-0.25, -0.2) is 0 Å². The van der Waals surface area contributed by atoms with Crippen LogP contribution in [0.25, 0.3) is 0 Å². The average Bonchev–Trinajstić information content (AvgIpc) is 2.12. The Bertz CT molecular complexity index is 144. The summed E-state index contributed by atoms with van der Waals surface area (Å²) in [6.45, 7) is 1.99. The third-order valence-corrected chi connectivity index (χ3v) is 1.77. The first kappa shape index (κ1) is 5.79. The molecule has 0 unspecified atom stereocenters. The lowest BCUT2D eigenvalue weighted by atomic mass is 10.2. The molecule has 1 aromatic heterocycles. The molecule has 1 nitrogen and oxygen atoms in total. The van der Waals surface area contributed by atoms with E-state index in [-0.39, 0.29) is 6.04 Å². The topological polar surface area (TPSA) is 26.0 Å². The minimum absolute atomic E-state index is 0.196. The van der Waals surface area contributed by atoms with Crippen molar-refractivity contribution in [3.05, 3.63) is 22.4 Å². The van der Waals surface area contributed by atoms with Gasteiger partial charge < -0.3 is 5.73 Å². The van der Waals surface area contributed by atoms with Crippen molar-refractivity contribution in [2.75, 3.05) is 0 Å². The van der Waals surface area contributed by atoms with Gasteiger partial charge in [-0.05, 0) is 29.3 Å². The van der Waals surface area contributed by atoms with Crippen molar-refractivity contribution in [3.8, 4) is 0 Å². The van der Waals surface area contributed by atoms with Gasteiger partial charge in [-0.3, -0.25) is 0 Å². The van der Waals surface area contributed by atoms with E-state index in [0.29, 0.717) is 0 Å². The SMILES string of the molecule is C[C@H](N)c1ccsc1. The quantitative estimate of drug-likeness (QED) is 0.611. The van der Waals surface area contributed by atoms with Crippen LogP contribution in [0.3, 0.4) is 0 Å². The van der Waals surface area contributed by atoms with Crippen LogP contribution < -0.4 is 5.73 Å². The molecule has 0 bridgehead atoms. The first-order valence-corrected chi connectivity index (χ1v) is 3.52. The molecule has 0 saturated heterocycles. The van der Waals surface area contributed by atoms with Crippen LogP contribution in [0.15, 0.2) is 16.8 Å². The average molecular weight is 127 g/mol. The van der Waals surface area contributed by atoms with Gasteiger partial charge >= 0.3 is 0 Å². The van der Waals surface area contributed by atoms with E-state index in [9.17, 15) is 0 Å². The standard InChI is InChI=1S/C6H9NS/c1-5(7)6-2-3-8-4-6/h2-5H,7H2,1H3/t5-/m0/s1. The molecule has 2 N–H and O–H groups in total. The van der Waals surface area contributed by atoms with E-state index in [1.807, 2.05) is 12.3 Å². The zero-order valence-corrected chi connectivity index (χ0v) is 5.61. The molecule has 8 heavy (non-hydrogen) atoms. The highest BCUT2D eigenvalue weighted by atomic mass is 32.1. The third-order valence-electron chi connectivity index (χ3n) is 1.07. The van der Waals surface area contributed by atoms with Crippen LogP contribution in [0.1, 0.15) is 18.5 Å². The van der Waals surface area contributed by atoms with Gasteiger partial charge in [-0.2, -0.15) is 11.3 Å². The summed E-state index contributed by atoms with van der Waals surface area (Å²) in [5.41, 5.74) is 6.80. The molecule has 1 heterocycles. The van der Waals surface area contributed by atoms with Gasteiger partial charge in [0.1, 0.15) is 0 Å². The number of thiophene rings is 1. The minimum atomic E-state index is 0.196. The number of nitrogens with two attached hydrogens (primary N) is 1. The van der Waals surface area contributed by atoms with Crippen molar-refractivity contribution < 1.29 is 0 Å². The summed E-state index contributed by atoms with van der Waals surface area (Å²) in [7, 11) is 0. The Labute approximate surface area is 53.1 Å². The van der Waals surface area contributed by atoms with Crippen molar-refractivity contribution >= 4 is 11.3 Å². The first-order valence-electron chi connectivity index (χ1n) is 2.58. The summed E-state index contributed by atoms with van der Waals surface area (Å²) in [4.78, 5) is 0. The van der Waals surface area contributed by atoms with Crippen LogP contribution >= 0.6 is 11.3 Å². The molecule has 0 amide bonds. The summed E-state index contributed by atoms with van der Waals surface area (Å²) in [5.74, 6) is 0. The molecule has 2 heteroatoms. The third kappa shape index (κ3) is 1.08. The number of hydrogen-bond donors (Lipinski definition) is 1. The maximum absolute atomic E-state index is 5.56. The molecule has 0 fully saturated rings. The van der Waals surface area contributed by atoms with Crippen LogP contribution in [0, 0.1) is 0 Å². The monoisotopic (exact) mass is 127 g/mol. The Balaban J connectivity index is 2.77. The second-order valence-corrected chi connectivity index (χ2v) is 2.63. The fourth-order valence-corrected chi connectivity index (χ4v) is 1.30. The molecule has 1 atom stereocenters. The molecule has 44 valence electrons. The van der Waals surface area contributed by atoms with Gasteiger partial charge in [0.2, 0.25) is 0 Å². The maximum Gasteiger partial charge on any atom is 0.0274 e. The molecule has 1 aromatic rings. The number of rotatable bonds is 1. The Kier molecular flexibility index (Phi) is 1.65. The highest BCUT2D eigenvalue weighted by Gasteiger charge is 1.95. The summed E-state index contributed by atoms with van der Waals surface area (Å²) in [5, 5.41) is 4.11. The van der Waals surface area contributed by atoms with E-state index < -0.39 is 0 Å². The predicted octanol–water partition coefficient (Wildman–Crippen LogP) is 1.77. The van der Waals surface area contributed by atoms with Gasteiger partial charge in [0, 0.05) is 6.04 Å². The molecular formula is C6H9NS. The minimum Gasteiger partial charge on any atom is -0.324 e. The predicted molar refractivity (Wildman–Crippen MR) is 36.9 cm³/mol. The van der Waals surface area contributed by atoms with Gasteiger partial charge in [-0.15, -0.1) is 0 Å². The summed E-state index contributed by atoms with van der Waals surface area (Å²) in [6.07, 6.45) is 0. The molecule has 0 aliphatic rings. The Hall–Kier alpha value is -0.340. The van der Waals surface area contributed by atoms with Gasteiger partial charge in [0.25, 0.3) is 0 Å². The van der Waals surface area contributed by atoms with E-state index in [0.717, 1.165) is 0 Å². The Morgan fingerprint density at radius 3 is 2.75 bits per heavy atom. The van der Waals surface area contributed by atoms with E-state index >= 15 is 0 Å². The summed E-state index contributed by atoms with van der Waals surface area (Å²) >= 11 is 1.69. The van der Waals surface area contributed by atoms with Crippen LogP contribution in [0.5, 0.6) is 0 Å². The fraction of sp³-hybridized carbons (Fsp3) is 0.333. The van der Waals surface area contributed by atoms with Crippen LogP contribution in [-0.2, 0) is 0 Å². The fourth-order valence-electron chi connectivity index (χ4n) is 0.534. The normalized spacial score (nSPS) is 13.8. The molecule has 0 aliphatic heterocycles. The molecule has 1 rings (SSSR count).